The zero-order valence-electron chi connectivity index (χ0n) is 23.1. The van der Waals surface area contributed by atoms with E-state index >= 15 is 0 Å². The Labute approximate surface area is 272 Å². The predicted molar refractivity (Wildman–Crippen MR) is 174 cm³/mol. The van der Waals surface area contributed by atoms with Crippen LogP contribution in [-0.4, -0.2) is 36.4 Å². The largest absolute Gasteiger partial charge is 0.486 e. The van der Waals surface area contributed by atoms with Crippen LogP contribution in [0.5, 0.6) is 11.5 Å². The molecule has 3 aromatic carbocycles. The second kappa shape index (κ2) is 15.2. The van der Waals surface area contributed by atoms with Crippen LogP contribution < -0.4 is 25.5 Å². The highest BCUT2D eigenvalue weighted by atomic mass is 79.9. The number of nitrogens with zero attached hydrogens (tertiary/aromatic N) is 1. The van der Waals surface area contributed by atoms with Crippen LogP contribution in [-0.2, 0) is 20.9 Å². The van der Waals surface area contributed by atoms with Crippen LogP contribution in [0.4, 0.5) is 0 Å². The second-order valence-corrected chi connectivity index (χ2v) is 11.2. The monoisotopic (exact) mass is 704 g/mol. The smallest absolute Gasteiger partial charge is 0.338 e. The maximum atomic E-state index is 12.7. The van der Waals surface area contributed by atoms with E-state index < -0.39 is 17.9 Å². The lowest BCUT2D eigenvalue weighted by Gasteiger charge is -2.30. The Bertz CT molecular complexity index is 1580. The van der Waals surface area contributed by atoms with Crippen molar-refractivity contribution in [2.75, 3.05) is 13.2 Å². The van der Waals surface area contributed by atoms with Crippen molar-refractivity contribution in [1.29, 1.82) is 0 Å². The van der Waals surface area contributed by atoms with Gasteiger partial charge in [0, 0.05) is 21.8 Å². The van der Waals surface area contributed by atoms with E-state index in [2.05, 4.69) is 37.1 Å². The molecule has 0 saturated carbocycles. The second-order valence-electron chi connectivity index (χ2n) is 9.10. The fraction of sp³-hybridized carbons (Fsp3) is 0.200. The van der Waals surface area contributed by atoms with Gasteiger partial charge in [-0.15, -0.1) is 0 Å². The molecule has 0 bridgehead atoms. The number of nitrogens with one attached hydrogen (secondary N) is 3. The van der Waals surface area contributed by atoms with Gasteiger partial charge in [-0.1, -0.05) is 59.6 Å². The summed E-state index contributed by atoms with van der Waals surface area (Å²) in [6, 6.07) is 17.2. The Hall–Kier alpha value is -3.64. The fourth-order valence-corrected chi connectivity index (χ4v) is 5.62. The van der Waals surface area contributed by atoms with E-state index in [1.54, 1.807) is 56.3 Å². The number of benzene rings is 3. The molecule has 0 radical (unpaired) electrons. The Morgan fingerprint density at radius 2 is 1.84 bits per heavy atom. The zero-order valence-corrected chi connectivity index (χ0v) is 27.0. The molecule has 0 spiro atoms. The number of carbonyl (C=O) groups is 2. The molecule has 1 heterocycles. The molecule has 13 heteroatoms. The van der Waals surface area contributed by atoms with Gasteiger partial charge in [0.1, 0.15) is 12.4 Å². The summed E-state index contributed by atoms with van der Waals surface area (Å²) in [5.74, 6) is -0.139. The van der Waals surface area contributed by atoms with Crippen molar-refractivity contribution in [3.05, 3.63) is 103 Å². The maximum absolute atomic E-state index is 12.7. The summed E-state index contributed by atoms with van der Waals surface area (Å²) in [5, 5.41) is 11.4. The third-order valence-electron chi connectivity index (χ3n) is 6.11. The van der Waals surface area contributed by atoms with Gasteiger partial charge >= 0.3 is 5.97 Å². The van der Waals surface area contributed by atoms with Crippen LogP contribution in [0.25, 0.3) is 0 Å². The molecule has 0 aliphatic carbocycles. The number of esters is 1. The number of amides is 1. The molecular weight excluding hydrogens is 679 g/mol. The number of thiocarbonyl (C=S) groups is 1. The lowest BCUT2D eigenvalue weighted by molar-refractivity contribution is -0.139. The van der Waals surface area contributed by atoms with Gasteiger partial charge in [-0.25, -0.2) is 10.2 Å². The first-order valence-electron chi connectivity index (χ1n) is 13.0. The highest BCUT2D eigenvalue weighted by Gasteiger charge is 2.32. The molecule has 9 nitrogen and oxygen atoms in total. The average Bonchev–Trinajstić information content (AvgIpc) is 2.96. The summed E-state index contributed by atoms with van der Waals surface area (Å²) in [5.41, 5.74) is 5.43. The van der Waals surface area contributed by atoms with Gasteiger partial charge in [0.15, 0.2) is 17.5 Å². The highest BCUT2D eigenvalue weighted by Crippen LogP contribution is 2.36. The van der Waals surface area contributed by atoms with Crippen LogP contribution in [0.2, 0.25) is 10.0 Å². The number of para-hydroxylation sites is 1. The number of hydrogen-bond acceptors (Lipinski definition) is 7. The van der Waals surface area contributed by atoms with Crippen molar-refractivity contribution in [2.24, 2.45) is 5.10 Å². The summed E-state index contributed by atoms with van der Waals surface area (Å²) in [7, 11) is 0. The third kappa shape index (κ3) is 8.47. The van der Waals surface area contributed by atoms with Crippen molar-refractivity contribution in [1.82, 2.24) is 16.1 Å². The molecule has 43 heavy (non-hydrogen) atoms. The normalized spacial score (nSPS) is 14.6. The quantitative estimate of drug-likeness (QED) is 0.0934. The molecule has 1 amide bonds. The zero-order chi connectivity index (χ0) is 30.9. The van der Waals surface area contributed by atoms with E-state index in [0.717, 1.165) is 5.56 Å². The fourth-order valence-electron chi connectivity index (χ4n) is 4.17. The summed E-state index contributed by atoms with van der Waals surface area (Å²) in [4.78, 5) is 25.3. The Morgan fingerprint density at radius 3 is 2.58 bits per heavy atom. The first-order valence-corrected chi connectivity index (χ1v) is 15.0. The Balaban J connectivity index is 1.38. The first kappa shape index (κ1) is 32.3. The van der Waals surface area contributed by atoms with Crippen molar-refractivity contribution in [3.63, 3.8) is 0 Å². The Morgan fingerprint density at radius 1 is 1.09 bits per heavy atom. The lowest BCUT2D eigenvalue weighted by atomic mass is 9.95. The minimum Gasteiger partial charge on any atom is -0.486 e. The van der Waals surface area contributed by atoms with E-state index in [1.165, 1.54) is 6.21 Å². The first-order chi connectivity index (χ1) is 20.7. The number of carbonyl (C=O) groups excluding carboxylic acids is 2. The highest BCUT2D eigenvalue weighted by molar-refractivity contribution is 9.10. The van der Waals surface area contributed by atoms with E-state index in [4.69, 9.17) is 49.6 Å². The number of allylic oxidation sites excluding steroid dienone is 1. The van der Waals surface area contributed by atoms with Crippen molar-refractivity contribution in [3.8, 4) is 11.5 Å². The van der Waals surface area contributed by atoms with Gasteiger partial charge in [0.2, 0.25) is 0 Å². The molecule has 3 N–H and O–H groups in total. The minimum atomic E-state index is -0.634. The minimum absolute atomic E-state index is 0.219. The van der Waals surface area contributed by atoms with E-state index in [-0.39, 0.29) is 19.8 Å². The van der Waals surface area contributed by atoms with E-state index in [0.29, 0.717) is 53.5 Å². The lowest BCUT2D eigenvalue weighted by Crippen LogP contribution is -2.45. The molecule has 0 unspecified atom stereocenters. The number of hydrogen-bond donors (Lipinski definition) is 3. The number of halogens is 3. The number of hydrazone groups is 1. The summed E-state index contributed by atoms with van der Waals surface area (Å²) in [6.07, 6.45) is 1.44. The molecule has 0 aromatic heterocycles. The van der Waals surface area contributed by atoms with E-state index in [9.17, 15) is 9.59 Å². The Kier molecular flexibility index (Phi) is 11.4. The summed E-state index contributed by atoms with van der Waals surface area (Å²) >= 11 is 21.4. The van der Waals surface area contributed by atoms with Crippen LogP contribution in [0.1, 0.15) is 36.6 Å². The van der Waals surface area contributed by atoms with Crippen LogP contribution >= 0.6 is 51.3 Å². The van der Waals surface area contributed by atoms with Gasteiger partial charge in [-0.05, 0) is 71.8 Å². The molecule has 1 aliphatic rings. The molecule has 3 aromatic rings. The molecule has 224 valence electrons. The van der Waals surface area contributed by atoms with Gasteiger partial charge in [-0.3, -0.25) is 4.79 Å². The molecule has 0 fully saturated rings. The van der Waals surface area contributed by atoms with E-state index in [1.807, 2.05) is 18.2 Å². The summed E-state index contributed by atoms with van der Waals surface area (Å²) < 4.78 is 17.5. The van der Waals surface area contributed by atoms with Gasteiger partial charge < -0.3 is 24.8 Å². The molecule has 4 rings (SSSR count). The third-order valence-corrected chi connectivity index (χ3v) is 7.57. The van der Waals surface area contributed by atoms with Crippen LogP contribution in [0.3, 0.4) is 0 Å². The maximum Gasteiger partial charge on any atom is 0.338 e. The average molecular weight is 706 g/mol. The topological polar surface area (TPSA) is 110 Å². The van der Waals surface area contributed by atoms with Crippen molar-refractivity contribution >= 4 is 74.6 Å². The molecular formula is C30H27BrCl2N4O5S. The standard InChI is InChI=1S/C30H27BrCl2N4O5S/c1-3-40-29(39)26-17(2)35-30(43)36-27(26)20-9-5-7-11-24(20)41-16-25(38)37-34-14-18-12-21(31)28(23(33)13-18)42-15-19-8-4-6-10-22(19)32/h4-14,27H,3,15-16H2,1-2H3,(H,37,38)(H2,35,36,43)/t27-/m0/s1. The molecule has 1 aliphatic heterocycles. The van der Waals surface area contributed by atoms with Crippen LogP contribution in [0.15, 0.2) is 81.5 Å². The van der Waals surface area contributed by atoms with Crippen LogP contribution in [0, 0.1) is 0 Å². The van der Waals surface area contributed by atoms with Crippen molar-refractivity contribution < 1.29 is 23.8 Å². The van der Waals surface area contributed by atoms with Gasteiger partial charge in [0.05, 0.1) is 33.9 Å². The number of ether oxygens (including phenoxy) is 3. The molecule has 0 saturated heterocycles. The SMILES string of the molecule is CCOC(=O)C1=C(C)NC(=S)N[C@H]1c1ccccc1OCC(=O)NN=Cc1cc(Cl)c(OCc2ccccc2Cl)c(Br)c1. The summed E-state index contributed by atoms with van der Waals surface area (Å²) in [6.45, 7) is 3.60. The van der Waals surface area contributed by atoms with Crippen molar-refractivity contribution in [2.45, 2.75) is 26.5 Å². The van der Waals surface area contributed by atoms with Gasteiger partial charge in [0.25, 0.3) is 5.91 Å². The molecule has 1 atom stereocenters. The van der Waals surface area contributed by atoms with Gasteiger partial charge in [-0.2, -0.15) is 5.10 Å². The number of rotatable bonds is 11. The predicted octanol–water partition coefficient (Wildman–Crippen LogP) is 6.22.